The zero-order chi connectivity index (χ0) is 28.5. The molecule has 3 amide bonds. The number of hydrogen-bond acceptors (Lipinski definition) is 8. The number of guanidine groups is 2. The molecule has 5 atom stereocenters. The lowest BCUT2D eigenvalue weighted by atomic mass is 9.97. The summed E-state index contributed by atoms with van der Waals surface area (Å²) in [7, 11) is 0. The average Bonchev–Trinajstić information content (AvgIpc) is 2.83. The van der Waals surface area contributed by atoms with E-state index in [2.05, 4.69) is 38.6 Å². The van der Waals surface area contributed by atoms with Gasteiger partial charge in [0.2, 0.25) is 17.7 Å². The van der Waals surface area contributed by atoms with Crippen LogP contribution in [0.1, 0.15) is 46.0 Å². The highest BCUT2D eigenvalue weighted by atomic mass is 32.1. The summed E-state index contributed by atoms with van der Waals surface area (Å²) in [4.78, 5) is 57.7. The number of nitrogens with two attached hydrogens (primary N) is 5. The molecule has 0 aliphatic rings. The molecule has 5 unspecified atom stereocenters. The minimum Gasteiger partial charge on any atom is -0.480 e. The smallest absolute Gasteiger partial charge is 0.327 e. The number of carbonyl (C=O) groups excluding carboxylic acids is 3. The van der Waals surface area contributed by atoms with Crippen LogP contribution in [0.5, 0.6) is 0 Å². The Hall–Kier alpha value is -3.27. The number of amides is 3. The van der Waals surface area contributed by atoms with Crippen LogP contribution in [0, 0.1) is 5.92 Å². The molecular formula is C21H42N10O5S. The zero-order valence-electron chi connectivity index (χ0n) is 21.4. The topological polar surface area (TPSA) is 279 Å². The molecule has 0 aliphatic heterocycles. The Labute approximate surface area is 222 Å². The monoisotopic (exact) mass is 546 g/mol. The Balaban J connectivity index is 5.52. The van der Waals surface area contributed by atoms with E-state index in [9.17, 15) is 24.3 Å². The number of rotatable bonds is 18. The van der Waals surface area contributed by atoms with Crippen LogP contribution in [0.3, 0.4) is 0 Å². The molecule has 0 aromatic rings. The fourth-order valence-corrected chi connectivity index (χ4v) is 3.35. The maximum Gasteiger partial charge on any atom is 0.327 e. The molecule has 0 saturated heterocycles. The Kier molecular flexibility index (Phi) is 16.5. The maximum atomic E-state index is 13.2. The average molecular weight is 547 g/mol. The normalized spacial score (nSPS) is 14.7. The van der Waals surface area contributed by atoms with Crippen LogP contribution in [-0.2, 0) is 19.2 Å². The van der Waals surface area contributed by atoms with Crippen molar-refractivity contribution < 1.29 is 24.3 Å². The van der Waals surface area contributed by atoms with Gasteiger partial charge >= 0.3 is 5.97 Å². The van der Waals surface area contributed by atoms with Crippen LogP contribution in [0.2, 0.25) is 0 Å². The van der Waals surface area contributed by atoms with Crippen LogP contribution in [0.4, 0.5) is 0 Å². The van der Waals surface area contributed by atoms with Gasteiger partial charge in [-0.3, -0.25) is 24.4 Å². The summed E-state index contributed by atoms with van der Waals surface area (Å²) in [5.74, 6) is -3.79. The zero-order valence-corrected chi connectivity index (χ0v) is 22.2. The minimum absolute atomic E-state index is 0.0699. The van der Waals surface area contributed by atoms with Crippen LogP contribution >= 0.6 is 12.6 Å². The molecule has 0 aliphatic carbocycles. The molecule has 37 heavy (non-hydrogen) atoms. The third-order valence-corrected chi connectivity index (χ3v) is 5.84. The van der Waals surface area contributed by atoms with E-state index in [0.29, 0.717) is 25.8 Å². The Morgan fingerprint density at radius 1 is 0.838 bits per heavy atom. The van der Waals surface area contributed by atoms with Crippen molar-refractivity contribution >= 4 is 48.2 Å². The molecule has 0 saturated carbocycles. The first-order chi connectivity index (χ1) is 17.3. The van der Waals surface area contributed by atoms with Gasteiger partial charge in [-0.2, -0.15) is 12.6 Å². The predicted molar refractivity (Wildman–Crippen MR) is 145 cm³/mol. The standard InChI is InChI=1S/C21H42N10O5S/c1-3-11(2)15(18(34)30-14(10-37)19(35)36)31-17(33)13(7-5-9-28-21(25)26)29-16(32)12(22)6-4-8-27-20(23)24/h11-15,37H,3-10,22H2,1-2H3,(H,29,32)(H,30,34)(H,31,33)(H,35,36)(H4,23,24,27)(H4,25,26,28). The summed E-state index contributed by atoms with van der Waals surface area (Å²) >= 11 is 3.94. The molecule has 15 nitrogen and oxygen atoms in total. The van der Waals surface area contributed by atoms with E-state index >= 15 is 0 Å². The van der Waals surface area contributed by atoms with Gasteiger partial charge in [0.05, 0.1) is 6.04 Å². The van der Waals surface area contributed by atoms with Gasteiger partial charge in [-0.25, -0.2) is 4.79 Å². The maximum absolute atomic E-state index is 13.2. The van der Waals surface area contributed by atoms with Crippen LogP contribution in [-0.4, -0.2) is 83.7 Å². The largest absolute Gasteiger partial charge is 0.480 e. The summed E-state index contributed by atoms with van der Waals surface area (Å²) in [5, 5.41) is 16.9. The highest BCUT2D eigenvalue weighted by Gasteiger charge is 2.32. The second-order valence-corrected chi connectivity index (χ2v) is 8.88. The van der Waals surface area contributed by atoms with Crippen LogP contribution < -0.4 is 44.6 Å². The first-order valence-corrected chi connectivity index (χ1v) is 12.6. The molecule has 0 fully saturated rings. The minimum atomic E-state index is -1.25. The molecule has 0 aromatic heterocycles. The number of aliphatic carboxylic acids is 1. The number of carboxylic acid groups (broad SMARTS) is 1. The van der Waals surface area contributed by atoms with E-state index in [-0.39, 0.29) is 43.0 Å². The molecule has 0 aromatic carbocycles. The van der Waals surface area contributed by atoms with E-state index < -0.39 is 47.9 Å². The molecule has 0 radical (unpaired) electrons. The molecule has 212 valence electrons. The molecule has 16 heteroatoms. The van der Waals surface area contributed by atoms with E-state index in [1.54, 1.807) is 6.92 Å². The molecule has 0 spiro atoms. The van der Waals surface area contributed by atoms with E-state index in [4.69, 9.17) is 28.7 Å². The second-order valence-electron chi connectivity index (χ2n) is 8.52. The first kappa shape index (κ1) is 33.7. The molecular weight excluding hydrogens is 504 g/mol. The van der Waals surface area contributed by atoms with E-state index in [1.165, 1.54) is 0 Å². The van der Waals surface area contributed by atoms with Gasteiger partial charge in [0.15, 0.2) is 11.9 Å². The number of nitrogens with zero attached hydrogens (tertiary/aromatic N) is 2. The van der Waals surface area contributed by atoms with Gasteiger partial charge < -0.3 is 49.7 Å². The quantitative estimate of drug-likeness (QED) is 0.0358. The third kappa shape index (κ3) is 14.2. The lowest BCUT2D eigenvalue weighted by Gasteiger charge is -2.28. The number of nitrogens with one attached hydrogen (secondary N) is 3. The number of aliphatic imine (C=N–C) groups is 2. The fourth-order valence-electron chi connectivity index (χ4n) is 3.10. The first-order valence-electron chi connectivity index (χ1n) is 11.9. The lowest BCUT2D eigenvalue weighted by molar-refractivity contribution is -0.142. The number of carboxylic acids is 1. The van der Waals surface area contributed by atoms with Crippen molar-refractivity contribution in [3.05, 3.63) is 0 Å². The summed E-state index contributed by atoms with van der Waals surface area (Å²) in [5.41, 5.74) is 27.2. The van der Waals surface area contributed by atoms with Crippen molar-refractivity contribution in [1.29, 1.82) is 0 Å². The Morgan fingerprint density at radius 3 is 1.81 bits per heavy atom. The lowest BCUT2D eigenvalue weighted by Crippen LogP contribution is -2.58. The van der Waals surface area contributed by atoms with Crippen molar-refractivity contribution in [2.75, 3.05) is 18.8 Å². The summed E-state index contributed by atoms with van der Waals surface area (Å²) in [6.07, 6.45) is 1.72. The third-order valence-electron chi connectivity index (χ3n) is 5.47. The van der Waals surface area contributed by atoms with Gasteiger partial charge in [-0.1, -0.05) is 20.3 Å². The van der Waals surface area contributed by atoms with E-state index in [1.807, 2.05) is 6.92 Å². The van der Waals surface area contributed by atoms with Gasteiger partial charge in [0.25, 0.3) is 0 Å². The summed E-state index contributed by atoms with van der Waals surface area (Å²) in [6, 6.07) is -4.26. The van der Waals surface area contributed by atoms with Crippen LogP contribution in [0.25, 0.3) is 0 Å². The highest BCUT2D eigenvalue weighted by Crippen LogP contribution is 2.10. The van der Waals surface area contributed by atoms with Gasteiger partial charge in [-0.15, -0.1) is 0 Å². The highest BCUT2D eigenvalue weighted by molar-refractivity contribution is 7.80. The molecule has 0 bridgehead atoms. The molecule has 0 heterocycles. The van der Waals surface area contributed by atoms with Crippen molar-refractivity contribution in [3.8, 4) is 0 Å². The molecule has 14 N–H and O–H groups in total. The fraction of sp³-hybridized carbons (Fsp3) is 0.714. The van der Waals surface area contributed by atoms with Crippen molar-refractivity contribution in [2.45, 2.75) is 70.1 Å². The molecule has 0 rings (SSSR count). The van der Waals surface area contributed by atoms with Gasteiger partial charge in [0.1, 0.15) is 18.1 Å². The van der Waals surface area contributed by atoms with Gasteiger partial charge in [0, 0.05) is 18.8 Å². The van der Waals surface area contributed by atoms with Gasteiger partial charge in [-0.05, 0) is 31.6 Å². The number of carbonyl (C=O) groups is 4. The summed E-state index contributed by atoms with van der Waals surface area (Å²) < 4.78 is 0. The predicted octanol–water partition coefficient (Wildman–Crippen LogP) is -3.06. The van der Waals surface area contributed by atoms with Crippen molar-refractivity contribution in [1.82, 2.24) is 16.0 Å². The van der Waals surface area contributed by atoms with Crippen molar-refractivity contribution in [3.63, 3.8) is 0 Å². The van der Waals surface area contributed by atoms with Crippen LogP contribution in [0.15, 0.2) is 9.98 Å². The van der Waals surface area contributed by atoms with Crippen molar-refractivity contribution in [2.24, 2.45) is 44.6 Å². The summed E-state index contributed by atoms with van der Waals surface area (Å²) in [6.45, 7) is 4.06. The second kappa shape index (κ2) is 18.0. The van der Waals surface area contributed by atoms with E-state index in [0.717, 1.165) is 0 Å². The SMILES string of the molecule is CCC(C)C(NC(=O)C(CCCN=C(N)N)NC(=O)C(N)CCCN=C(N)N)C(=O)NC(CS)C(=O)O. The Bertz CT molecular complexity index is 818. The Morgan fingerprint density at radius 2 is 1.35 bits per heavy atom. The number of thiol groups is 1. The number of hydrogen-bond donors (Lipinski definition) is 10.